The van der Waals surface area contributed by atoms with E-state index >= 15 is 0 Å². The van der Waals surface area contributed by atoms with Crippen LogP contribution in [-0.2, 0) is 16.0 Å². The Balaban J connectivity index is 2.21. The first-order valence-corrected chi connectivity index (χ1v) is 5.31. The van der Waals surface area contributed by atoms with Crippen LogP contribution >= 0.6 is 0 Å². The Hall–Kier alpha value is -1.91. The van der Waals surface area contributed by atoms with Crippen molar-refractivity contribution in [2.45, 2.75) is 19.3 Å². The van der Waals surface area contributed by atoms with E-state index in [4.69, 9.17) is 5.11 Å². The summed E-state index contributed by atoms with van der Waals surface area (Å²) in [5.74, 6) is -1.63. The van der Waals surface area contributed by atoms with E-state index in [0.717, 1.165) is 5.56 Å². The van der Waals surface area contributed by atoms with Crippen molar-refractivity contribution in [2.24, 2.45) is 0 Å². The summed E-state index contributed by atoms with van der Waals surface area (Å²) in [5, 5.41) is 10.6. The molecule has 1 aromatic rings. The lowest BCUT2D eigenvalue weighted by Crippen LogP contribution is -2.28. The van der Waals surface area contributed by atoms with Crippen LogP contribution in [0, 0.1) is 5.82 Å². The van der Waals surface area contributed by atoms with Crippen LogP contribution in [0.3, 0.4) is 0 Å². The third kappa shape index (κ3) is 5.65. The lowest BCUT2D eigenvalue weighted by Gasteiger charge is -2.02. The summed E-state index contributed by atoms with van der Waals surface area (Å²) in [4.78, 5) is 21.3. The molecule has 0 spiro atoms. The summed E-state index contributed by atoms with van der Waals surface area (Å²) in [7, 11) is 0. The molecule has 4 nitrogen and oxygen atoms in total. The number of hydrogen-bond acceptors (Lipinski definition) is 2. The van der Waals surface area contributed by atoms with Gasteiger partial charge >= 0.3 is 5.97 Å². The molecule has 0 atom stereocenters. The number of carbonyl (C=O) groups is 2. The van der Waals surface area contributed by atoms with E-state index < -0.39 is 5.97 Å². The number of amides is 1. The number of benzene rings is 1. The van der Waals surface area contributed by atoms with E-state index in [1.807, 2.05) is 0 Å². The van der Waals surface area contributed by atoms with E-state index in [-0.39, 0.29) is 24.7 Å². The van der Waals surface area contributed by atoms with Crippen molar-refractivity contribution in [3.63, 3.8) is 0 Å². The van der Waals surface area contributed by atoms with Gasteiger partial charge in [0.1, 0.15) is 12.4 Å². The Morgan fingerprint density at radius 3 is 2.47 bits per heavy atom. The number of carboxylic acid groups (broad SMARTS) is 1. The van der Waals surface area contributed by atoms with Crippen molar-refractivity contribution >= 4 is 11.9 Å². The average Bonchev–Trinajstić information content (AvgIpc) is 2.29. The van der Waals surface area contributed by atoms with Crippen LogP contribution in [0.5, 0.6) is 0 Å². The molecule has 92 valence electrons. The maximum absolute atomic E-state index is 12.6. The minimum absolute atomic E-state index is 0.269. The van der Waals surface area contributed by atoms with Crippen molar-refractivity contribution in [2.75, 3.05) is 6.54 Å². The first-order valence-electron chi connectivity index (χ1n) is 5.31. The number of aliphatic carboxylic acids is 1. The molecule has 0 radical (unpaired) electrons. The largest absolute Gasteiger partial charge is 0.480 e. The van der Waals surface area contributed by atoms with Crippen LogP contribution in [0.1, 0.15) is 18.4 Å². The highest BCUT2D eigenvalue weighted by molar-refractivity contribution is 5.80. The lowest BCUT2D eigenvalue weighted by atomic mass is 10.1. The van der Waals surface area contributed by atoms with Crippen molar-refractivity contribution in [3.05, 3.63) is 35.6 Å². The van der Waals surface area contributed by atoms with E-state index in [9.17, 15) is 14.0 Å². The summed E-state index contributed by atoms with van der Waals surface area (Å²) in [5.41, 5.74) is 0.956. The van der Waals surface area contributed by atoms with Gasteiger partial charge in [-0.1, -0.05) is 12.1 Å². The van der Waals surface area contributed by atoms with Gasteiger partial charge in [-0.15, -0.1) is 0 Å². The van der Waals surface area contributed by atoms with Crippen LogP contribution in [-0.4, -0.2) is 23.5 Å². The summed E-state index contributed by atoms with van der Waals surface area (Å²) >= 11 is 0. The number of halogens is 1. The highest BCUT2D eigenvalue weighted by atomic mass is 19.1. The molecule has 0 saturated carbocycles. The van der Waals surface area contributed by atoms with Gasteiger partial charge in [-0.05, 0) is 30.5 Å². The second-order valence-corrected chi connectivity index (χ2v) is 3.65. The quantitative estimate of drug-likeness (QED) is 0.787. The molecular formula is C12H14FNO3. The topological polar surface area (TPSA) is 66.4 Å². The first kappa shape index (κ1) is 13.2. The number of carbonyl (C=O) groups excluding carboxylic acids is 1. The van der Waals surface area contributed by atoms with Crippen LogP contribution in [0.4, 0.5) is 4.39 Å². The molecule has 0 saturated heterocycles. The summed E-state index contributed by atoms with van der Waals surface area (Å²) in [6.45, 7) is -0.352. The van der Waals surface area contributed by atoms with Gasteiger partial charge in [0, 0.05) is 6.42 Å². The predicted molar refractivity (Wildman–Crippen MR) is 60.0 cm³/mol. The van der Waals surface area contributed by atoms with Crippen molar-refractivity contribution in [1.29, 1.82) is 0 Å². The minimum Gasteiger partial charge on any atom is -0.480 e. The number of rotatable bonds is 6. The molecule has 2 N–H and O–H groups in total. The van der Waals surface area contributed by atoms with Crippen molar-refractivity contribution < 1.29 is 19.1 Å². The lowest BCUT2D eigenvalue weighted by molar-refractivity contribution is -0.137. The van der Waals surface area contributed by atoms with Gasteiger partial charge in [0.2, 0.25) is 5.91 Å². The molecule has 0 aromatic heterocycles. The second kappa shape index (κ2) is 6.62. The maximum atomic E-state index is 12.6. The fraction of sp³-hybridized carbons (Fsp3) is 0.333. The Kier molecular flexibility index (Phi) is 5.13. The maximum Gasteiger partial charge on any atom is 0.322 e. The van der Waals surface area contributed by atoms with E-state index in [2.05, 4.69) is 5.32 Å². The summed E-state index contributed by atoms with van der Waals surface area (Å²) in [6.07, 6.45) is 1.54. The zero-order chi connectivity index (χ0) is 12.7. The molecule has 1 aromatic carbocycles. The van der Waals surface area contributed by atoms with Crippen LogP contribution < -0.4 is 5.32 Å². The first-order chi connectivity index (χ1) is 8.08. The third-order valence-electron chi connectivity index (χ3n) is 2.22. The standard InChI is InChI=1S/C12H14FNO3/c13-10-6-4-9(5-7-10)2-1-3-11(15)14-8-12(16)17/h4-7H,1-3,8H2,(H,14,15)(H,16,17). The molecule has 0 heterocycles. The smallest absolute Gasteiger partial charge is 0.322 e. The van der Waals surface area contributed by atoms with Crippen LogP contribution in [0.2, 0.25) is 0 Å². The average molecular weight is 239 g/mol. The molecule has 0 aliphatic rings. The van der Waals surface area contributed by atoms with Gasteiger partial charge in [0.15, 0.2) is 0 Å². The van der Waals surface area contributed by atoms with Gasteiger partial charge in [0.25, 0.3) is 0 Å². The molecule has 0 bridgehead atoms. The second-order valence-electron chi connectivity index (χ2n) is 3.65. The molecule has 5 heteroatoms. The number of aryl methyl sites for hydroxylation is 1. The number of hydrogen-bond donors (Lipinski definition) is 2. The molecule has 0 aliphatic carbocycles. The summed E-state index contributed by atoms with van der Waals surface area (Å²) in [6, 6.07) is 6.09. The SMILES string of the molecule is O=C(O)CNC(=O)CCCc1ccc(F)cc1. The zero-order valence-electron chi connectivity index (χ0n) is 9.28. The highest BCUT2D eigenvalue weighted by Crippen LogP contribution is 2.06. The van der Waals surface area contributed by atoms with Gasteiger partial charge in [-0.3, -0.25) is 9.59 Å². The molecule has 1 rings (SSSR count). The Morgan fingerprint density at radius 1 is 1.24 bits per heavy atom. The monoisotopic (exact) mass is 239 g/mol. The minimum atomic E-state index is -1.06. The van der Waals surface area contributed by atoms with Gasteiger partial charge in [-0.2, -0.15) is 0 Å². The van der Waals surface area contributed by atoms with E-state index in [0.29, 0.717) is 12.8 Å². The number of nitrogens with one attached hydrogen (secondary N) is 1. The highest BCUT2D eigenvalue weighted by Gasteiger charge is 2.03. The number of carboxylic acids is 1. The van der Waals surface area contributed by atoms with Crippen LogP contribution in [0.25, 0.3) is 0 Å². The third-order valence-corrected chi connectivity index (χ3v) is 2.22. The fourth-order valence-corrected chi connectivity index (χ4v) is 1.37. The Bertz CT molecular complexity index is 389. The normalized spacial score (nSPS) is 9.94. The van der Waals surface area contributed by atoms with E-state index in [1.54, 1.807) is 12.1 Å². The van der Waals surface area contributed by atoms with Crippen molar-refractivity contribution in [1.82, 2.24) is 5.32 Å². The Labute approximate surface area is 98.5 Å². The van der Waals surface area contributed by atoms with E-state index in [1.165, 1.54) is 12.1 Å². The zero-order valence-corrected chi connectivity index (χ0v) is 9.28. The van der Waals surface area contributed by atoms with Gasteiger partial charge in [-0.25, -0.2) is 4.39 Å². The molecular weight excluding hydrogens is 225 g/mol. The summed E-state index contributed by atoms with van der Waals surface area (Å²) < 4.78 is 12.6. The van der Waals surface area contributed by atoms with Crippen molar-refractivity contribution in [3.8, 4) is 0 Å². The fourth-order valence-electron chi connectivity index (χ4n) is 1.37. The molecule has 1 amide bonds. The van der Waals surface area contributed by atoms with Crippen LogP contribution in [0.15, 0.2) is 24.3 Å². The van der Waals surface area contributed by atoms with Gasteiger partial charge < -0.3 is 10.4 Å². The molecule has 0 aliphatic heterocycles. The Morgan fingerprint density at radius 2 is 1.88 bits per heavy atom. The molecule has 0 fully saturated rings. The van der Waals surface area contributed by atoms with Gasteiger partial charge in [0.05, 0.1) is 0 Å². The molecule has 17 heavy (non-hydrogen) atoms. The predicted octanol–water partition coefficient (Wildman–Crippen LogP) is 1.35. The molecule has 0 unspecified atom stereocenters.